The van der Waals surface area contributed by atoms with Crippen LogP contribution in [0.2, 0.25) is 0 Å². The molecule has 0 radical (unpaired) electrons. The number of rotatable bonds is 6. The Bertz CT molecular complexity index is 1160. The Morgan fingerprint density at radius 1 is 1.14 bits per heavy atom. The fraction of sp³-hybridized carbons (Fsp3) is 0.500. The zero-order valence-electron chi connectivity index (χ0n) is 21.3. The minimum Gasteiger partial charge on any atom is -0.508 e. The lowest BCUT2D eigenvalue weighted by molar-refractivity contribution is -0.137. The summed E-state index contributed by atoms with van der Waals surface area (Å²) < 4.78 is 39.1. The van der Waals surface area contributed by atoms with Crippen molar-refractivity contribution in [1.82, 2.24) is 9.80 Å². The number of nitrogens with zero attached hydrogens (tertiary/aromatic N) is 2. The van der Waals surface area contributed by atoms with Gasteiger partial charge in [0.15, 0.2) is 0 Å². The van der Waals surface area contributed by atoms with Gasteiger partial charge in [0.05, 0.1) is 5.56 Å². The third-order valence-corrected chi connectivity index (χ3v) is 8.74. The lowest BCUT2D eigenvalue weighted by Crippen LogP contribution is -2.56. The third-order valence-electron chi connectivity index (χ3n) is 8.74. The second kappa shape index (κ2) is 10.2. The van der Waals surface area contributed by atoms with Gasteiger partial charge in [-0.2, -0.15) is 13.2 Å². The van der Waals surface area contributed by atoms with Gasteiger partial charge in [-0.05, 0) is 98.4 Å². The SMILES string of the molecule is CN(C(=O)/C=C/c1cccc(C(F)(F)F)c1)C1CCC2CN(CC3CC3)CCC2(c2cccc(O)c2)C1. The fourth-order valence-electron chi connectivity index (χ4n) is 6.45. The van der Waals surface area contributed by atoms with Crippen LogP contribution in [0.5, 0.6) is 5.75 Å². The minimum atomic E-state index is -4.42. The Morgan fingerprint density at radius 3 is 2.65 bits per heavy atom. The van der Waals surface area contributed by atoms with Gasteiger partial charge in [-0.1, -0.05) is 24.3 Å². The van der Waals surface area contributed by atoms with E-state index in [4.69, 9.17) is 0 Å². The summed E-state index contributed by atoms with van der Waals surface area (Å²) in [5.41, 5.74) is 0.657. The van der Waals surface area contributed by atoms with Crippen LogP contribution in [0, 0.1) is 11.8 Å². The highest BCUT2D eigenvalue weighted by Crippen LogP contribution is 2.51. The molecule has 0 aromatic heterocycles. The first kappa shape index (κ1) is 25.8. The number of halogens is 3. The second-order valence-corrected chi connectivity index (χ2v) is 11.2. The summed E-state index contributed by atoms with van der Waals surface area (Å²) in [4.78, 5) is 17.5. The molecule has 37 heavy (non-hydrogen) atoms. The Balaban J connectivity index is 1.33. The Kier molecular flexibility index (Phi) is 7.10. The minimum absolute atomic E-state index is 0.0206. The highest BCUT2D eigenvalue weighted by atomic mass is 19.4. The van der Waals surface area contributed by atoms with E-state index in [-0.39, 0.29) is 23.1 Å². The largest absolute Gasteiger partial charge is 0.508 e. The van der Waals surface area contributed by atoms with E-state index in [2.05, 4.69) is 11.0 Å². The highest BCUT2D eigenvalue weighted by molar-refractivity contribution is 5.91. The molecule has 1 N–H and O–H groups in total. The van der Waals surface area contributed by atoms with E-state index < -0.39 is 11.7 Å². The molecule has 7 heteroatoms. The van der Waals surface area contributed by atoms with Gasteiger partial charge in [0.25, 0.3) is 0 Å². The first-order valence-corrected chi connectivity index (χ1v) is 13.3. The number of carbonyl (C=O) groups excluding carboxylic acids is 1. The van der Waals surface area contributed by atoms with Crippen LogP contribution in [-0.2, 0) is 16.4 Å². The van der Waals surface area contributed by atoms with Crippen molar-refractivity contribution < 1.29 is 23.1 Å². The van der Waals surface area contributed by atoms with Crippen molar-refractivity contribution >= 4 is 12.0 Å². The average Bonchev–Trinajstić information content (AvgIpc) is 3.70. The van der Waals surface area contributed by atoms with Crippen molar-refractivity contribution in [3.05, 3.63) is 71.3 Å². The number of phenols is 1. The number of piperidine rings is 1. The monoisotopic (exact) mass is 512 g/mol. The quantitative estimate of drug-likeness (QED) is 0.476. The number of alkyl halides is 3. The van der Waals surface area contributed by atoms with Crippen LogP contribution in [0.4, 0.5) is 13.2 Å². The summed E-state index contributed by atoms with van der Waals surface area (Å²) in [5, 5.41) is 10.3. The van der Waals surface area contributed by atoms with Crippen LogP contribution >= 0.6 is 0 Å². The summed E-state index contributed by atoms with van der Waals surface area (Å²) in [6.07, 6.45) is 4.78. The van der Waals surface area contributed by atoms with Crippen LogP contribution in [0.1, 0.15) is 55.2 Å². The predicted molar refractivity (Wildman–Crippen MR) is 138 cm³/mol. The molecule has 1 aliphatic heterocycles. The number of aromatic hydroxyl groups is 1. The van der Waals surface area contributed by atoms with Crippen LogP contribution in [0.15, 0.2) is 54.6 Å². The first-order chi connectivity index (χ1) is 17.6. The standard InChI is InChI=1S/C30H35F3N2O2/c1-34(28(37)13-10-21-4-2-6-24(16-21)30(31,32)33)26-12-11-25-20-35(19-22-8-9-22)15-14-29(25,18-26)23-5-3-7-27(36)17-23/h2-7,10,13,16-17,22,25-26,36H,8-9,11-12,14-15,18-20H2,1H3/b13-10+. The van der Waals surface area contributed by atoms with Gasteiger partial charge < -0.3 is 14.9 Å². The van der Waals surface area contributed by atoms with E-state index in [1.807, 2.05) is 12.1 Å². The summed E-state index contributed by atoms with van der Waals surface area (Å²) in [6, 6.07) is 12.6. The van der Waals surface area contributed by atoms with Crippen molar-refractivity contribution in [2.45, 2.75) is 56.2 Å². The van der Waals surface area contributed by atoms with E-state index in [1.54, 1.807) is 24.1 Å². The van der Waals surface area contributed by atoms with Gasteiger partial charge >= 0.3 is 6.18 Å². The van der Waals surface area contributed by atoms with Crippen molar-refractivity contribution in [3.63, 3.8) is 0 Å². The number of likely N-dealkylation sites (tertiary alicyclic amines) is 1. The maximum atomic E-state index is 13.1. The maximum absolute atomic E-state index is 13.1. The number of hydrogen-bond acceptors (Lipinski definition) is 3. The number of fused-ring (bicyclic) bond motifs is 1. The molecule has 1 amide bonds. The molecule has 3 atom stereocenters. The normalized spacial score (nSPS) is 26.7. The van der Waals surface area contributed by atoms with Crippen LogP contribution < -0.4 is 0 Å². The third kappa shape index (κ3) is 5.71. The molecule has 2 aromatic carbocycles. The molecular formula is C30H35F3N2O2. The number of amides is 1. The van der Waals surface area contributed by atoms with E-state index in [9.17, 15) is 23.1 Å². The van der Waals surface area contributed by atoms with Gasteiger partial charge in [-0.25, -0.2) is 0 Å². The number of benzene rings is 2. The zero-order chi connectivity index (χ0) is 26.2. The molecule has 0 bridgehead atoms. The van der Waals surface area contributed by atoms with Crippen LogP contribution in [0.3, 0.4) is 0 Å². The topological polar surface area (TPSA) is 43.8 Å². The van der Waals surface area contributed by atoms with Crippen molar-refractivity contribution in [2.24, 2.45) is 11.8 Å². The zero-order valence-corrected chi connectivity index (χ0v) is 21.3. The Hall–Kier alpha value is -2.80. The first-order valence-electron chi connectivity index (χ1n) is 13.3. The predicted octanol–water partition coefficient (Wildman–Crippen LogP) is 6.11. The molecule has 4 nitrogen and oxygen atoms in total. The Labute approximate surface area is 216 Å². The van der Waals surface area contributed by atoms with Gasteiger partial charge in [0.2, 0.25) is 5.91 Å². The van der Waals surface area contributed by atoms with Crippen molar-refractivity contribution in [1.29, 1.82) is 0 Å². The molecule has 2 saturated carbocycles. The Morgan fingerprint density at radius 2 is 1.92 bits per heavy atom. The molecule has 1 heterocycles. The molecule has 198 valence electrons. The van der Waals surface area contributed by atoms with Crippen molar-refractivity contribution in [2.75, 3.05) is 26.7 Å². The summed E-state index contributed by atoms with van der Waals surface area (Å²) in [6.45, 7) is 3.24. The summed E-state index contributed by atoms with van der Waals surface area (Å²) in [5.74, 6) is 1.36. The number of likely N-dealkylation sites (N-methyl/N-ethyl adjacent to an activating group) is 1. The van der Waals surface area contributed by atoms with Gasteiger partial charge in [0.1, 0.15) is 5.75 Å². The molecule has 0 spiro atoms. The van der Waals surface area contributed by atoms with Gasteiger partial charge in [-0.15, -0.1) is 0 Å². The molecule has 2 aromatic rings. The lowest BCUT2D eigenvalue weighted by Gasteiger charge is -2.54. The molecule has 1 saturated heterocycles. The summed E-state index contributed by atoms with van der Waals surface area (Å²) >= 11 is 0. The van der Waals surface area contributed by atoms with Crippen LogP contribution in [0.25, 0.3) is 6.08 Å². The fourth-order valence-corrected chi connectivity index (χ4v) is 6.45. The molecular weight excluding hydrogens is 477 g/mol. The highest BCUT2D eigenvalue weighted by Gasteiger charge is 2.49. The van der Waals surface area contributed by atoms with E-state index in [1.165, 1.54) is 37.6 Å². The smallest absolute Gasteiger partial charge is 0.416 e. The molecule has 3 unspecified atom stereocenters. The van der Waals surface area contributed by atoms with E-state index in [0.29, 0.717) is 11.5 Å². The lowest BCUT2D eigenvalue weighted by atomic mass is 9.57. The molecule has 5 rings (SSSR count). The number of phenolic OH excluding ortho intramolecular Hbond substituents is 1. The molecule has 2 aliphatic carbocycles. The van der Waals surface area contributed by atoms with Gasteiger partial charge in [-0.3, -0.25) is 4.79 Å². The number of carbonyl (C=O) groups is 1. The van der Waals surface area contributed by atoms with Gasteiger partial charge in [0, 0.05) is 37.7 Å². The average molecular weight is 513 g/mol. The molecule has 3 aliphatic rings. The van der Waals surface area contributed by atoms with Crippen LogP contribution in [-0.4, -0.2) is 53.5 Å². The van der Waals surface area contributed by atoms with Crippen molar-refractivity contribution in [3.8, 4) is 5.75 Å². The van der Waals surface area contributed by atoms with E-state index in [0.717, 1.165) is 62.4 Å². The second-order valence-electron chi connectivity index (χ2n) is 11.2. The maximum Gasteiger partial charge on any atom is 0.416 e. The number of hydrogen-bond donors (Lipinski definition) is 1. The molecule has 3 fully saturated rings. The summed E-state index contributed by atoms with van der Waals surface area (Å²) in [7, 11) is 1.79. The van der Waals surface area contributed by atoms with E-state index >= 15 is 0 Å².